The van der Waals surface area contributed by atoms with Gasteiger partial charge in [0.05, 0.1) is 11.4 Å². The van der Waals surface area contributed by atoms with E-state index in [-0.39, 0.29) is 11.9 Å². The molecule has 2 heterocycles. The molecular formula is C14H16N4OS. The van der Waals surface area contributed by atoms with Crippen molar-refractivity contribution >= 4 is 17.7 Å². The number of rotatable bonds is 5. The monoisotopic (exact) mass is 288 g/mol. The summed E-state index contributed by atoms with van der Waals surface area (Å²) in [6.45, 7) is 3.87. The second kappa shape index (κ2) is 7.00. The summed E-state index contributed by atoms with van der Waals surface area (Å²) in [6.07, 6.45) is 3.44. The topological polar surface area (TPSA) is 67.8 Å². The van der Waals surface area contributed by atoms with Gasteiger partial charge in [-0.15, -0.1) is 10.2 Å². The highest BCUT2D eigenvalue weighted by Crippen LogP contribution is 2.18. The van der Waals surface area contributed by atoms with Crippen LogP contribution in [-0.2, 0) is 4.79 Å². The Balaban J connectivity index is 1.94. The van der Waals surface area contributed by atoms with E-state index >= 15 is 0 Å². The Labute approximate surface area is 122 Å². The van der Waals surface area contributed by atoms with Crippen LogP contribution >= 0.6 is 11.8 Å². The van der Waals surface area contributed by atoms with Crippen LogP contribution in [-0.4, -0.2) is 32.9 Å². The first-order chi connectivity index (χ1) is 9.65. The number of carbonyl (C=O) groups is 1. The van der Waals surface area contributed by atoms with Crippen molar-refractivity contribution in [3.8, 4) is 11.3 Å². The minimum atomic E-state index is 0.00464. The molecule has 104 valence electrons. The van der Waals surface area contributed by atoms with E-state index in [1.807, 2.05) is 38.1 Å². The summed E-state index contributed by atoms with van der Waals surface area (Å²) in [5.74, 6) is 0.353. The molecule has 2 aromatic rings. The summed E-state index contributed by atoms with van der Waals surface area (Å²) >= 11 is 1.38. The fraction of sp³-hybridized carbons (Fsp3) is 0.286. The molecule has 0 fully saturated rings. The molecule has 1 N–H and O–H groups in total. The van der Waals surface area contributed by atoms with E-state index in [4.69, 9.17) is 0 Å². The van der Waals surface area contributed by atoms with Crippen molar-refractivity contribution in [2.75, 3.05) is 5.75 Å². The molecular weight excluding hydrogens is 272 g/mol. The van der Waals surface area contributed by atoms with Crippen LogP contribution in [0, 0.1) is 0 Å². The Morgan fingerprint density at radius 2 is 1.95 bits per heavy atom. The van der Waals surface area contributed by atoms with Crippen LogP contribution in [0.3, 0.4) is 0 Å². The Hall–Kier alpha value is -1.95. The van der Waals surface area contributed by atoms with Gasteiger partial charge in [-0.25, -0.2) is 0 Å². The van der Waals surface area contributed by atoms with Gasteiger partial charge in [-0.2, -0.15) is 0 Å². The Kier molecular flexibility index (Phi) is 5.06. The highest BCUT2D eigenvalue weighted by molar-refractivity contribution is 7.99. The number of aromatic nitrogens is 3. The zero-order valence-corrected chi connectivity index (χ0v) is 12.2. The summed E-state index contributed by atoms with van der Waals surface area (Å²) in [6, 6.07) is 7.68. The normalized spacial score (nSPS) is 10.6. The fourth-order valence-corrected chi connectivity index (χ4v) is 2.20. The summed E-state index contributed by atoms with van der Waals surface area (Å²) in [4.78, 5) is 15.5. The maximum absolute atomic E-state index is 11.5. The standard InChI is InChI=1S/C14H16N4OS/c1-10(2)16-13(19)9-20-14-4-3-12(17-18-14)11-5-7-15-8-6-11/h3-8,10H,9H2,1-2H3,(H,16,19). The molecule has 0 aliphatic carbocycles. The lowest BCUT2D eigenvalue weighted by atomic mass is 10.2. The first-order valence-corrected chi connectivity index (χ1v) is 7.30. The Bertz CT molecular complexity index is 557. The second-order valence-electron chi connectivity index (χ2n) is 4.50. The average Bonchev–Trinajstić information content (AvgIpc) is 2.46. The molecule has 5 nitrogen and oxygen atoms in total. The number of amides is 1. The number of thioether (sulfide) groups is 1. The van der Waals surface area contributed by atoms with Crippen LogP contribution in [0.25, 0.3) is 11.3 Å². The molecule has 2 aromatic heterocycles. The molecule has 0 saturated heterocycles. The van der Waals surface area contributed by atoms with Crippen molar-refractivity contribution < 1.29 is 4.79 Å². The average molecular weight is 288 g/mol. The van der Waals surface area contributed by atoms with Crippen LogP contribution in [0.2, 0.25) is 0 Å². The SMILES string of the molecule is CC(C)NC(=O)CSc1ccc(-c2ccncc2)nn1. The largest absolute Gasteiger partial charge is 0.353 e. The van der Waals surface area contributed by atoms with Gasteiger partial charge in [-0.05, 0) is 38.1 Å². The molecule has 0 bridgehead atoms. The van der Waals surface area contributed by atoms with Crippen LogP contribution < -0.4 is 5.32 Å². The van der Waals surface area contributed by atoms with Gasteiger partial charge in [0.25, 0.3) is 0 Å². The highest BCUT2D eigenvalue weighted by Gasteiger charge is 2.06. The van der Waals surface area contributed by atoms with E-state index in [1.165, 1.54) is 11.8 Å². The van der Waals surface area contributed by atoms with Gasteiger partial charge in [-0.1, -0.05) is 11.8 Å². The zero-order chi connectivity index (χ0) is 14.4. The van der Waals surface area contributed by atoms with Crippen molar-refractivity contribution in [2.24, 2.45) is 0 Å². The summed E-state index contributed by atoms with van der Waals surface area (Å²) < 4.78 is 0. The van der Waals surface area contributed by atoms with Gasteiger partial charge < -0.3 is 5.32 Å². The minimum absolute atomic E-state index is 0.00464. The molecule has 6 heteroatoms. The van der Waals surface area contributed by atoms with Gasteiger partial charge in [0.2, 0.25) is 5.91 Å². The molecule has 0 aliphatic rings. The number of carbonyl (C=O) groups excluding carboxylic acids is 1. The smallest absolute Gasteiger partial charge is 0.230 e. The fourth-order valence-electron chi connectivity index (χ4n) is 1.58. The van der Waals surface area contributed by atoms with Crippen molar-refractivity contribution in [3.05, 3.63) is 36.7 Å². The number of nitrogens with zero attached hydrogens (tertiary/aromatic N) is 3. The van der Waals surface area contributed by atoms with E-state index < -0.39 is 0 Å². The predicted octanol–water partition coefficient (Wildman–Crippen LogP) is 2.16. The Morgan fingerprint density at radius 3 is 2.55 bits per heavy atom. The molecule has 0 saturated carbocycles. The van der Waals surface area contributed by atoms with Crippen molar-refractivity contribution in [1.29, 1.82) is 0 Å². The summed E-state index contributed by atoms with van der Waals surface area (Å²) in [5, 5.41) is 11.8. The van der Waals surface area contributed by atoms with Gasteiger partial charge in [0, 0.05) is 24.0 Å². The highest BCUT2D eigenvalue weighted by atomic mass is 32.2. The van der Waals surface area contributed by atoms with Crippen LogP contribution in [0.4, 0.5) is 0 Å². The van der Waals surface area contributed by atoms with E-state index in [0.717, 1.165) is 16.3 Å². The number of hydrogen-bond donors (Lipinski definition) is 1. The quantitative estimate of drug-likeness (QED) is 0.854. The summed E-state index contributed by atoms with van der Waals surface area (Å²) in [5.41, 5.74) is 1.77. The van der Waals surface area contributed by atoms with E-state index in [1.54, 1.807) is 12.4 Å². The molecule has 0 radical (unpaired) electrons. The molecule has 0 atom stereocenters. The third-order valence-corrected chi connectivity index (χ3v) is 3.34. The molecule has 0 aliphatic heterocycles. The third-order valence-electron chi connectivity index (χ3n) is 2.42. The maximum atomic E-state index is 11.5. The van der Waals surface area contributed by atoms with Gasteiger partial charge in [0.1, 0.15) is 5.03 Å². The van der Waals surface area contributed by atoms with Gasteiger partial charge in [0.15, 0.2) is 0 Å². The molecule has 0 aromatic carbocycles. The van der Waals surface area contributed by atoms with E-state index in [9.17, 15) is 4.79 Å². The van der Waals surface area contributed by atoms with Gasteiger partial charge in [-0.3, -0.25) is 9.78 Å². The predicted molar refractivity (Wildman–Crippen MR) is 79.3 cm³/mol. The van der Waals surface area contributed by atoms with Crippen molar-refractivity contribution in [2.45, 2.75) is 24.9 Å². The van der Waals surface area contributed by atoms with Crippen molar-refractivity contribution in [3.63, 3.8) is 0 Å². The second-order valence-corrected chi connectivity index (χ2v) is 5.50. The first kappa shape index (κ1) is 14.5. The molecule has 2 rings (SSSR count). The first-order valence-electron chi connectivity index (χ1n) is 6.31. The lowest BCUT2D eigenvalue weighted by Crippen LogP contribution is -2.31. The van der Waals surface area contributed by atoms with Crippen molar-refractivity contribution in [1.82, 2.24) is 20.5 Å². The number of pyridine rings is 1. The van der Waals surface area contributed by atoms with E-state index in [0.29, 0.717) is 5.75 Å². The maximum Gasteiger partial charge on any atom is 0.230 e. The van der Waals surface area contributed by atoms with Crippen LogP contribution in [0.15, 0.2) is 41.7 Å². The molecule has 1 amide bonds. The van der Waals surface area contributed by atoms with Crippen LogP contribution in [0.5, 0.6) is 0 Å². The number of hydrogen-bond acceptors (Lipinski definition) is 5. The third kappa shape index (κ3) is 4.31. The van der Waals surface area contributed by atoms with Gasteiger partial charge >= 0.3 is 0 Å². The van der Waals surface area contributed by atoms with Crippen LogP contribution in [0.1, 0.15) is 13.8 Å². The summed E-state index contributed by atoms with van der Waals surface area (Å²) in [7, 11) is 0. The lowest BCUT2D eigenvalue weighted by Gasteiger charge is -2.07. The Morgan fingerprint density at radius 1 is 1.20 bits per heavy atom. The zero-order valence-electron chi connectivity index (χ0n) is 11.4. The molecule has 0 unspecified atom stereocenters. The molecule has 0 spiro atoms. The lowest BCUT2D eigenvalue weighted by molar-refractivity contribution is -0.119. The number of nitrogens with one attached hydrogen (secondary N) is 1. The molecule has 20 heavy (non-hydrogen) atoms. The minimum Gasteiger partial charge on any atom is -0.353 e. The van der Waals surface area contributed by atoms with E-state index in [2.05, 4.69) is 20.5 Å².